The zero-order valence-corrected chi connectivity index (χ0v) is 15.0. The summed E-state index contributed by atoms with van der Waals surface area (Å²) in [4.78, 5) is 15.3. The average molecular weight is 341 g/mol. The molecule has 4 rings (SSSR count). The number of benzene rings is 1. The van der Waals surface area contributed by atoms with Crippen molar-refractivity contribution >= 4 is 5.91 Å². The van der Waals surface area contributed by atoms with Gasteiger partial charge in [0.25, 0.3) is 0 Å². The largest absolute Gasteiger partial charge is 0.497 e. The summed E-state index contributed by atoms with van der Waals surface area (Å²) in [5, 5.41) is 0. The number of hydrazine groups is 1. The maximum atomic E-state index is 13.2. The van der Waals surface area contributed by atoms with E-state index in [9.17, 15) is 4.79 Å². The standard InChI is InChI=1S/C20H27N3O2/c1-13-6-7-15-11-23(12-16(15)8-13)20(24)18-10-21-22-19(18)14-4-3-5-17(9-14)25-2/h3-6,9,15-16,18-19,21-22H,7-8,10-12H2,1-2H3/t15-,16+,18?,19?/m0/s1. The molecule has 0 radical (unpaired) electrons. The van der Waals surface area contributed by atoms with Crippen molar-refractivity contribution in [1.29, 1.82) is 0 Å². The smallest absolute Gasteiger partial charge is 0.229 e. The number of nitrogens with zero attached hydrogens (tertiary/aromatic N) is 1. The minimum absolute atomic E-state index is 0.00918. The fourth-order valence-corrected chi connectivity index (χ4v) is 4.58. The van der Waals surface area contributed by atoms with Gasteiger partial charge in [-0.15, -0.1) is 0 Å². The number of fused-ring (bicyclic) bond motifs is 1. The van der Waals surface area contributed by atoms with Gasteiger partial charge in [0.05, 0.1) is 19.1 Å². The summed E-state index contributed by atoms with van der Waals surface area (Å²) >= 11 is 0. The van der Waals surface area contributed by atoms with Crippen LogP contribution in [0.4, 0.5) is 0 Å². The van der Waals surface area contributed by atoms with Gasteiger partial charge in [0.1, 0.15) is 5.75 Å². The summed E-state index contributed by atoms with van der Waals surface area (Å²) in [6, 6.07) is 7.98. The third-order valence-corrected chi connectivity index (χ3v) is 5.99. The summed E-state index contributed by atoms with van der Waals surface area (Å²) in [6.07, 6.45) is 4.63. The van der Waals surface area contributed by atoms with Gasteiger partial charge in [0.15, 0.2) is 0 Å². The lowest BCUT2D eigenvalue weighted by atomic mass is 9.83. The minimum Gasteiger partial charge on any atom is -0.497 e. The average Bonchev–Trinajstić information content (AvgIpc) is 3.27. The number of likely N-dealkylation sites (tertiary alicyclic amines) is 1. The van der Waals surface area contributed by atoms with Crippen molar-refractivity contribution in [3.8, 4) is 5.75 Å². The molecule has 5 heteroatoms. The first-order valence-corrected chi connectivity index (χ1v) is 9.22. The highest BCUT2D eigenvalue weighted by molar-refractivity contribution is 5.81. The van der Waals surface area contributed by atoms with Crippen molar-refractivity contribution in [3.63, 3.8) is 0 Å². The quantitative estimate of drug-likeness (QED) is 0.828. The number of amides is 1. The van der Waals surface area contributed by atoms with Crippen LogP contribution in [-0.2, 0) is 4.79 Å². The van der Waals surface area contributed by atoms with Gasteiger partial charge in [-0.25, -0.2) is 5.43 Å². The Bertz CT molecular complexity index is 687. The first-order valence-electron chi connectivity index (χ1n) is 9.22. The lowest BCUT2D eigenvalue weighted by Crippen LogP contribution is -2.38. The fraction of sp³-hybridized carbons (Fsp3) is 0.550. The van der Waals surface area contributed by atoms with E-state index < -0.39 is 0 Å². The van der Waals surface area contributed by atoms with E-state index in [4.69, 9.17) is 4.74 Å². The van der Waals surface area contributed by atoms with Crippen LogP contribution in [0.3, 0.4) is 0 Å². The highest BCUT2D eigenvalue weighted by Crippen LogP contribution is 2.37. The number of ether oxygens (including phenoxy) is 1. The molecule has 0 aromatic heterocycles. The number of hydrogen-bond acceptors (Lipinski definition) is 4. The molecule has 25 heavy (non-hydrogen) atoms. The maximum Gasteiger partial charge on any atom is 0.229 e. The van der Waals surface area contributed by atoms with Gasteiger partial charge in [0.2, 0.25) is 5.91 Å². The molecular formula is C20H27N3O2. The number of allylic oxidation sites excluding steroid dienone is 2. The highest BCUT2D eigenvalue weighted by atomic mass is 16.5. The summed E-state index contributed by atoms with van der Waals surface area (Å²) in [6.45, 7) is 4.71. The minimum atomic E-state index is -0.0682. The first-order chi connectivity index (χ1) is 12.2. The Kier molecular flexibility index (Phi) is 4.52. The second kappa shape index (κ2) is 6.81. The number of methoxy groups -OCH3 is 1. The van der Waals surface area contributed by atoms with E-state index in [1.807, 2.05) is 18.2 Å². The van der Waals surface area contributed by atoms with Crippen LogP contribution in [0.5, 0.6) is 5.75 Å². The maximum absolute atomic E-state index is 13.2. The number of nitrogens with one attached hydrogen (secondary N) is 2. The molecule has 1 aromatic rings. The molecule has 3 aliphatic rings. The Morgan fingerprint density at radius 2 is 2.12 bits per heavy atom. The molecule has 2 aliphatic heterocycles. The highest BCUT2D eigenvalue weighted by Gasteiger charge is 2.42. The monoisotopic (exact) mass is 341 g/mol. The van der Waals surface area contributed by atoms with Crippen LogP contribution in [0.1, 0.15) is 31.4 Å². The van der Waals surface area contributed by atoms with Crippen molar-refractivity contribution in [2.24, 2.45) is 17.8 Å². The molecule has 4 atom stereocenters. The van der Waals surface area contributed by atoms with E-state index in [-0.39, 0.29) is 17.9 Å². The Balaban J connectivity index is 1.48. The molecule has 2 fully saturated rings. The van der Waals surface area contributed by atoms with E-state index in [1.165, 1.54) is 5.57 Å². The summed E-state index contributed by atoms with van der Waals surface area (Å²) in [5.41, 5.74) is 9.04. The number of hydrogen-bond donors (Lipinski definition) is 2. The molecule has 5 nitrogen and oxygen atoms in total. The van der Waals surface area contributed by atoms with Gasteiger partial charge >= 0.3 is 0 Å². The van der Waals surface area contributed by atoms with Crippen LogP contribution >= 0.6 is 0 Å². The van der Waals surface area contributed by atoms with E-state index in [1.54, 1.807) is 7.11 Å². The molecule has 2 N–H and O–H groups in total. The predicted octanol–water partition coefficient (Wildman–Crippen LogP) is 2.27. The molecule has 2 heterocycles. The molecule has 2 saturated heterocycles. The third-order valence-electron chi connectivity index (χ3n) is 5.99. The van der Waals surface area contributed by atoms with Crippen LogP contribution in [0.15, 0.2) is 35.9 Å². The Morgan fingerprint density at radius 3 is 2.96 bits per heavy atom. The van der Waals surface area contributed by atoms with Crippen LogP contribution in [0.25, 0.3) is 0 Å². The normalized spacial score (nSPS) is 31.6. The third kappa shape index (κ3) is 3.18. The summed E-state index contributed by atoms with van der Waals surface area (Å²) < 4.78 is 5.33. The van der Waals surface area contributed by atoms with Crippen LogP contribution in [0.2, 0.25) is 0 Å². The van der Waals surface area contributed by atoms with Crippen molar-refractivity contribution in [1.82, 2.24) is 15.8 Å². The molecule has 134 valence electrons. The number of rotatable bonds is 3. The molecule has 0 spiro atoms. The van der Waals surface area contributed by atoms with E-state index >= 15 is 0 Å². The van der Waals surface area contributed by atoms with Gasteiger partial charge in [-0.1, -0.05) is 23.8 Å². The van der Waals surface area contributed by atoms with Crippen molar-refractivity contribution in [3.05, 3.63) is 41.5 Å². The zero-order valence-electron chi connectivity index (χ0n) is 15.0. The van der Waals surface area contributed by atoms with Crippen molar-refractivity contribution in [2.45, 2.75) is 25.8 Å². The Hall–Kier alpha value is -1.85. The fourth-order valence-electron chi connectivity index (χ4n) is 4.58. The second-order valence-corrected chi connectivity index (χ2v) is 7.64. The number of carbonyl (C=O) groups excluding carboxylic acids is 1. The topological polar surface area (TPSA) is 53.6 Å². The van der Waals surface area contributed by atoms with Gasteiger partial charge < -0.3 is 9.64 Å². The van der Waals surface area contributed by atoms with Gasteiger partial charge in [-0.3, -0.25) is 10.2 Å². The van der Waals surface area contributed by atoms with Crippen LogP contribution in [0, 0.1) is 17.8 Å². The van der Waals surface area contributed by atoms with Crippen LogP contribution in [-0.4, -0.2) is 37.6 Å². The Morgan fingerprint density at radius 1 is 1.28 bits per heavy atom. The van der Waals surface area contributed by atoms with Crippen LogP contribution < -0.4 is 15.6 Å². The molecular weight excluding hydrogens is 314 g/mol. The number of carbonyl (C=O) groups is 1. The predicted molar refractivity (Wildman–Crippen MR) is 96.9 cm³/mol. The molecule has 0 saturated carbocycles. The van der Waals surface area contributed by atoms with Gasteiger partial charge in [-0.05, 0) is 49.3 Å². The SMILES string of the molecule is COc1cccc(C2NNCC2C(=O)N2C[C@H]3CC(C)=CC[C@H]3C2)c1. The zero-order chi connectivity index (χ0) is 17.4. The summed E-state index contributed by atoms with van der Waals surface area (Å²) in [5.74, 6) is 2.32. The van der Waals surface area contributed by atoms with Gasteiger partial charge in [-0.2, -0.15) is 0 Å². The molecule has 1 amide bonds. The molecule has 1 aromatic carbocycles. The van der Waals surface area contributed by atoms with E-state index in [0.29, 0.717) is 18.4 Å². The molecule has 2 unspecified atom stereocenters. The van der Waals surface area contributed by atoms with E-state index in [2.05, 4.69) is 34.8 Å². The van der Waals surface area contributed by atoms with Crippen molar-refractivity contribution < 1.29 is 9.53 Å². The van der Waals surface area contributed by atoms with Gasteiger partial charge in [0, 0.05) is 19.6 Å². The molecule has 0 bridgehead atoms. The lowest BCUT2D eigenvalue weighted by Gasteiger charge is -2.24. The van der Waals surface area contributed by atoms with E-state index in [0.717, 1.165) is 37.2 Å². The Labute approximate surface area is 149 Å². The molecule has 1 aliphatic carbocycles. The van der Waals surface area contributed by atoms with Crippen molar-refractivity contribution in [2.75, 3.05) is 26.7 Å². The first kappa shape index (κ1) is 16.6. The second-order valence-electron chi connectivity index (χ2n) is 7.64. The lowest BCUT2D eigenvalue weighted by molar-refractivity contribution is -0.134. The summed E-state index contributed by atoms with van der Waals surface area (Å²) in [7, 11) is 1.67.